The molecule has 1 aliphatic heterocycles. The topological polar surface area (TPSA) is 68.2 Å². The van der Waals surface area contributed by atoms with E-state index in [1.165, 1.54) is 12.1 Å². The van der Waals surface area contributed by atoms with E-state index in [0.717, 1.165) is 17.7 Å². The number of aryl methyl sites for hydroxylation is 1. The molecule has 150 valence electrons. The second-order valence-corrected chi connectivity index (χ2v) is 7.24. The number of ether oxygens (including phenoxy) is 1. The van der Waals surface area contributed by atoms with Crippen LogP contribution in [-0.2, 0) is 18.4 Å². The van der Waals surface area contributed by atoms with Crippen molar-refractivity contribution in [1.29, 1.82) is 0 Å². The molecule has 0 saturated carbocycles. The molecular weight excluding hydrogens is 371 g/mol. The molecule has 1 aliphatic rings. The lowest BCUT2D eigenvalue weighted by Gasteiger charge is -2.17. The van der Waals surface area contributed by atoms with Gasteiger partial charge >= 0.3 is 0 Å². The van der Waals surface area contributed by atoms with Gasteiger partial charge in [0, 0.05) is 38.8 Å². The fourth-order valence-electron chi connectivity index (χ4n) is 3.57. The van der Waals surface area contributed by atoms with Crippen LogP contribution >= 0.6 is 0 Å². The predicted molar refractivity (Wildman–Crippen MR) is 107 cm³/mol. The number of nitrogens with zero attached hydrogens (tertiary/aromatic N) is 2. The number of aromatic nitrogens is 2. The molecule has 1 aromatic heterocycles. The number of rotatable bonds is 6. The molecule has 1 saturated heterocycles. The van der Waals surface area contributed by atoms with Gasteiger partial charge in [-0.15, -0.1) is 0 Å². The number of carbonyl (C=O) groups excluding carboxylic acids is 1. The first kappa shape index (κ1) is 19.1. The predicted octanol–water partition coefficient (Wildman–Crippen LogP) is 2.97. The summed E-state index contributed by atoms with van der Waals surface area (Å²) in [5.41, 5.74) is 2.06. The Kier molecular flexibility index (Phi) is 5.57. The summed E-state index contributed by atoms with van der Waals surface area (Å²) < 4.78 is 20.4. The van der Waals surface area contributed by atoms with Gasteiger partial charge in [0.25, 0.3) is 0 Å². The maximum atomic E-state index is 13.0. The molecule has 0 radical (unpaired) electrons. The standard InChI is InChI=1S/C22H23FN4O2/c1-27-14-16(11-26-27)20-12-24-13-21(20)22(28)25-10-15-2-6-18(7-3-15)29-19-8-4-17(23)5-9-19/h2-9,11,14,20-21,24H,10,12-13H2,1H3,(H,25,28)/t20-,21+/m1/s1. The van der Waals surface area contributed by atoms with E-state index in [2.05, 4.69) is 15.7 Å². The highest BCUT2D eigenvalue weighted by Crippen LogP contribution is 2.28. The molecule has 7 heteroatoms. The van der Waals surface area contributed by atoms with Gasteiger partial charge in [0.15, 0.2) is 0 Å². The number of carbonyl (C=O) groups is 1. The second-order valence-electron chi connectivity index (χ2n) is 7.24. The number of benzene rings is 2. The summed E-state index contributed by atoms with van der Waals surface area (Å²) >= 11 is 0. The SMILES string of the molecule is Cn1cc([C@H]2CNC[C@@H]2C(=O)NCc2ccc(Oc3ccc(F)cc3)cc2)cn1. The Hall–Kier alpha value is -3.19. The molecule has 2 aromatic carbocycles. The number of amides is 1. The van der Waals surface area contributed by atoms with Gasteiger partial charge in [0.1, 0.15) is 17.3 Å². The Morgan fingerprint density at radius 1 is 1.17 bits per heavy atom. The quantitative estimate of drug-likeness (QED) is 0.675. The lowest BCUT2D eigenvalue weighted by atomic mass is 9.90. The van der Waals surface area contributed by atoms with Crippen LogP contribution in [-0.4, -0.2) is 28.8 Å². The van der Waals surface area contributed by atoms with Crippen LogP contribution in [0.25, 0.3) is 0 Å². The van der Waals surface area contributed by atoms with Crippen molar-refractivity contribution >= 4 is 5.91 Å². The van der Waals surface area contributed by atoms with Crippen LogP contribution in [0, 0.1) is 11.7 Å². The molecule has 2 N–H and O–H groups in total. The van der Waals surface area contributed by atoms with Crippen LogP contribution in [0.15, 0.2) is 60.9 Å². The van der Waals surface area contributed by atoms with Crippen molar-refractivity contribution in [2.24, 2.45) is 13.0 Å². The van der Waals surface area contributed by atoms with E-state index in [1.807, 2.05) is 43.7 Å². The van der Waals surface area contributed by atoms with E-state index >= 15 is 0 Å². The zero-order valence-corrected chi connectivity index (χ0v) is 16.1. The van der Waals surface area contributed by atoms with Crippen LogP contribution in [0.4, 0.5) is 4.39 Å². The summed E-state index contributed by atoms with van der Waals surface area (Å²) in [6, 6.07) is 13.4. The van der Waals surface area contributed by atoms with Crippen molar-refractivity contribution in [3.63, 3.8) is 0 Å². The number of nitrogens with one attached hydrogen (secondary N) is 2. The summed E-state index contributed by atoms with van der Waals surface area (Å²) in [5, 5.41) is 10.6. The smallest absolute Gasteiger partial charge is 0.225 e. The fourth-order valence-corrected chi connectivity index (χ4v) is 3.57. The maximum Gasteiger partial charge on any atom is 0.225 e. The summed E-state index contributed by atoms with van der Waals surface area (Å²) in [6.45, 7) is 1.89. The van der Waals surface area contributed by atoms with Crippen molar-refractivity contribution < 1.29 is 13.9 Å². The van der Waals surface area contributed by atoms with Crippen LogP contribution in [0.1, 0.15) is 17.0 Å². The Bertz CT molecular complexity index is 969. The molecule has 1 fully saturated rings. The molecule has 3 aromatic rings. The van der Waals surface area contributed by atoms with Gasteiger partial charge in [-0.25, -0.2) is 4.39 Å². The maximum absolute atomic E-state index is 13.0. The van der Waals surface area contributed by atoms with Gasteiger partial charge in [-0.05, 0) is 47.5 Å². The summed E-state index contributed by atoms with van der Waals surface area (Å²) in [4.78, 5) is 12.7. The zero-order valence-electron chi connectivity index (χ0n) is 16.1. The molecule has 6 nitrogen and oxygen atoms in total. The van der Waals surface area contributed by atoms with E-state index < -0.39 is 0 Å². The van der Waals surface area contributed by atoms with Gasteiger partial charge in [-0.1, -0.05) is 12.1 Å². The van der Waals surface area contributed by atoms with Gasteiger partial charge in [0.05, 0.1) is 12.1 Å². The first-order chi connectivity index (χ1) is 14.1. The Morgan fingerprint density at radius 3 is 2.52 bits per heavy atom. The fraction of sp³-hybridized carbons (Fsp3) is 0.273. The van der Waals surface area contributed by atoms with E-state index in [4.69, 9.17) is 4.74 Å². The average molecular weight is 394 g/mol. The highest BCUT2D eigenvalue weighted by molar-refractivity contribution is 5.80. The van der Waals surface area contributed by atoms with Crippen molar-refractivity contribution in [1.82, 2.24) is 20.4 Å². The minimum Gasteiger partial charge on any atom is -0.457 e. The van der Waals surface area contributed by atoms with Crippen LogP contribution < -0.4 is 15.4 Å². The van der Waals surface area contributed by atoms with Gasteiger partial charge in [-0.3, -0.25) is 9.48 Å². The summed E-state index contributed by atoms with van der Waals surface area (Å²) in [7, 11) is 1.88. The highest BCUT2D eigenvalue weighted by atomic mass is 19.1. The van der Waals surface area contributed by atoms with Crippen LogP contribution in [0.2, 0.25) is 0 Å². The van der Waals surface area contributed by atoms with Crippen molar-refractivity contribution in [2.75, 3.05) is 13.1 Å². The average Bonchev–Trinajstić information content (AvgIpc) is 3.38. The number of hydrogen-bond acceptors (Lipinski definition) is 4. The lowest BCUT2D eigenvalue weighted by Crippen LogP contribution is -2.33. The molecular formula is C22H23FN4O2. The molecule has 2 heterocycles. The Labute approximate surface area is 168 Å². The third kappa shape index (κ3) is 4.63. The first-order valence-corrected chi connectivity index (χ1v) is 9.58. The minimum absolute atomic E-state index is 0.0375. The molecule has 29 heavy (non-hydrogen) atoms. The Morgan fingerprint density at radius 2 is 1.86 bits per heavy atom. The second kappa shape index (κ2) is 8.45. The first-order valence-electron chi connectivity index (χ1n) is 9.58. The van der Waals surface area contributed by atoms with E-state index in [0.29, 0.717) is 24.6 Å². The zero-order chi connectivity index (χ0) is 20.2. The minimum atomic E-state index is -0.299. The summed E-state index contributed by atoms with van der Waals surface area (Å²) in [5.74, 6) is 0.989. The van der Waals surface area contributed by atoms with Gasteiger partial charge in [-0.2, -0.15) is 5.10 Å². The largest absolute Gasteiger partial charge is 0.457 e. The van der Waals surface area contributed by atoms with Gasteiger partial charge < -0.3 is 15.4 Å². The van der Waals surface area contributed by atoms with Crippen LogP contribution in [0.5, 0.6) is 11.5 Å². The van der Waals surface area contributed by atoms with E-state index in [1.54, 1.807) is 16.8 Å². The monoisotopic (exact) mass is 394 g/mol. The third-order valence-electron chi connectivity index (χ3n) is 5.14. The molecule has 2 atom stereocenters. The third-order valence-corrected chi connectivity index (χ3v) is 5.14. The number of halogens is 1. The lowest BCUT2D eigenvalue weighted by molar-refractivity contribution is -0.125. The van der Waals surface area contributed by atoms with Crippen LogP contribution in [0.3, 0.4) is 0 Å². The van der Waals surface area contributed by atoms with Crippen molar-refractivity contribution in [3.8, 4) is 11.5 Å². The summed E-state index contributed by atoms with van der Waals surface area (Å²) in [6.07, 6.45) is 3.80. The normalized spacial score (nSPS) is 18.6. The van der Waals surface area contributed by atoms with Gasteiger partial charge in [0.2, 0.25) is 5.91 Å². The molecule has 0 aliphatic carbocycles. The molecule has 0 unspecified atom stereocenters. The number of hydrogen-bond donors (Lipinski definition) is 2. The van der Waals surface area contributed by atoms with Crippen molar-refractivity contribution in [3.05, 3.63) is 77.9 Å². The molecule has 0 spiro atoms. The van der Waals surface area contributed by atoms with E-state index in [9.17, 15) is 9.18 Å². The molecule has 4 rings (SSSR count). The van der Waals surface area contributed by atoms with E-state index in [-0.39, 0.29) is 23.6 Å². The molecule has 1 amide bonds. The highest BCUT2D eigenvalue weighted by Gasteiger charge is 2.34. The van der Waals surface area contributed by atoms with Crippen molar-refractivity contribution in [2.45, 2.75) is 12.5 Å². The Balaban J connectivity index is 1.32. The molecule has 0 bridgehead atoms.